The molecular weight excluding hydrogens is 1180 g/mol. The number of amides is 2. The number of aliphatic hydroxyl groups is 1. The number of carbonyl (C=O) groups excluding carboxylic acids is 3. The summed E-state index contributed by atoms with van der Waals surface area (Å²) in [6.45, 7) is 9.11. The van der Waals surface area contributed by atoms with E-state index in [0.717, 1.165) is 161 Å². The predicted octanol–water partition coefficient (Wildman–Crippen LogP) is 14.3. The van der Waals surface area contributed by atoms with Crippen LogP contribution in [-0.4, -0.2) is 152 Å². The molecule has 0 radical (unpaired) electrons. The van der Waals surface area contributed by atoms with Gasteiger partial charge in [-0.15, -0.1) is 0 Å². The number of hydrogen-bond donors (Lipinski definition) is 6. The number of rotatable bonds is 59. The fraction of sp³-hybridized carbons (Fsp3) is 0.925. The van der Waals surface area contributed by atoms with Crippen LogP contribution < -0.4 is 10.6 Å². The standard InChI is InChI=1S/C67H128N2O18P2/c1-8-12-16-20-23-26-27-28-29-30-31-33-35-39-43-47-58(71)68-61-65(82-50-48-55(80-6)46-42-37-19-15-11-4)63(86-89(76,77)78)57(52-79-5)85-66(61)83-53-56-62(73)64(81-49-44-40-36-25-22-18-14-10-3)60(67(84-56)87-88(7,74)75)69-59(72)51-54(70)45-41-38-34-32-24-21-17-13-9-2/h26-27,55-57,60-67,73H,8-25,28-53H2,1-7H3,(H,68,71)(H,69,72)(H,74,75)(H2,76,77,78)/b27-26-/t55-,56-,57-,60-,61-,62-,63-,64-,65-,66-,67-/m1/s1. The minimum atomic E-state index is -5.25. The summed E-state index contributed by atoms with van der Waals surface area (Å²) in [6, 6.07) is -2.64. The van der Waals surface area contributed by atoms with E-state index in [1.165, 1.54) is 64.9 Å². The Hall–Kier alpha value is -1.71. The lowest BCUT2D eigenvalue weighted by Gasteiger charge is -2.47. The Morgan fingerprint density at radius 2 is 0.955 bits per heavy atom. The summed E-state index contributed by atoms with van der Waals surface area (Å²) in [4.78, 5) is 72.5. The molecule has 2 heterocycles. The van der Waals surface area contributed by atoms with Gasteiger partial charge in [0.15, 0.2) is 12.6 Å². The maximum absolute atomic E-state index is 14.2. The minimum Gasteiger partial charge on any atom is -0.388 e. The van der Waals surface area contributed by atoms with E-state index >= 15 is 0 Å². The lowest BCUT2D eigenvalue weighted by Crippen LogP contribution is -2.67. The quantitative estimate of drug-likeness (QED) is 0.0143. The first-order valence-corrected chi connectivity index (χ1v) is 38.8. The third kappa shape index (κ3) is 41.0. The van der Waals surface area contributed by atoms with Crippen LogP contribution in [0.2, 0.25) is 0 Å². The number of allylic oxidation sites excluding steroid dienone is 2. The third-order valence-corrected chi connectivity index (χ3v) is 18.0. The van der Waals surface area contributed by atoms with Crippen LogP contribution in [-0.2, 0) is 65.7 Å². The second-order valence-electron chi connectivity index (χ2n) is 25.1. The molecule has 2 saturated heterocycles. The van der Waals surface area contributed by atoms with Gasteiger partial charge >= 0.3 is 15.4 Å². The summed E-state index contributed by atoms with van der Waals surface area (Å²) in [5, 5.41) is 18.1. The number of phosphoric ester groups is 1. The van der Waals surface area contributed by atoms with Gasteiger partial charge in [0.05, 0.1) is 25.7 Å². The Morgan fingerprint density at radius 3 is 1.48 bits per heavy atom. The van der Waals surface area contributed by atoms with Crippen molar-refractivity contribution in [3.05, 3.63) is 12.2 Å². The average molecular weight is 1310 g/mol. The molecule has 89 heavy (non-hydrogen) atoms. The molecule has 6 N–H and O–H groups in total. The Morgan fingerprint density at radius 1 is 0.494 bits per heavy atom. The van der Waals surface area contributed by atoms with E-state index in [1.54, 1.807) is 7.11 Å². The first kappa shape index (κ1) is 83.4. The average Bonchev–Trinajstić information content (AvgIpc) is 0.966. The van der Waals surface area contributed by atoms with E-state index in [9.17, 15) is 43.3 Å². The zero-order chi connectivity index (χ0) is 65.4. The molecule has 0 bridgehead atoms. The van der Waals surface area contributed by atoms with Crippen molar-refractivity contribution in [3.63, 3.8) is 0 Å². The molecule has 524 valence electrons. The molecule has 0 aromatic heterocycles. The predicted molar refractivity (Wildman–Crippen MR) is 351 cm³/mol. The zero-order valence-corrected chi connectivity index (χ0v) is 58.3. The van der Waals surface area contributed by atoms with Crippen LogP contribution >= 0.6 is 15.4 Å². The van der Waals surface area contributed by atoms with Crippen molar-refractivity contribution < 1.29 is 85.5 Å². The third-order valence-electron chi connectivity index (χ3n) is 16.9. The zero-order valence-electron chi connectivity index (χ0n) is 56.5. The molecule has 0 aromatic rings. The molecule has 12 atom stereocenters. The molecule has 0 aliphatic carbocycles. The highest BCUT2D eigenvalue weighted by atomic mass is 31.2. The highest BCUT2D eigenvalue weighted by molar-refractivity contribution is 7.51. The molecule has 1 unspecified atom stereocenters. The highest BCUT2D eigenvalue weighted by Crippen LogP contribution is 2.44. The van der Waals surface area contributed by atoms with Crippen LogP contribution in [0.1, 0.15) is 285 Å². The molecule has 2 aliphatic rings. The molecule has 20 nitrogen and oxygen atoms in total. The van der Waals surface area contributed by atoms with E-state index in [1.807, 2.05) is 0 Å². The van der Waals surface area contributed by atoms with E-state index in [2.05, 4.69) is 50.5 Å². The van der Waals surface area contributed by atoms with Gasteiger partial charge in [-0.3, -0.25) is 28.0 Å². The maximum atomic E-state index is 14.2. The first-order valence-electron chi connectivity index (χ1n) is 35.2. The van der Waals surface area contributed by atoms with Crippen molar-refractivity contribution in [1.82, 2.24) is 10.6 Å². The summed E-state index contributed by atoms with van der Waals surface area (Å²) in [5.41, 5.74) is 0. The van der Waals surface area contributed by atoms with Gasteiger partial charge in [-0.2, -0.15) is 0 Å². The summed E-state index contributed by atoms with van der Waals surface area (Å²) in [6.07, 6.45) is 31.1. The lowest BCUT2D eigenvalue weighted by molar-refractivity contribution is -0.300. The molecule has 2 fully saturated rings. The van der Waals surface area contributed by atoms with Gasteiger partial charge in [0.2, 0.25) is 11.8 Å². The number of unbranched alkanes of at least 4 members (excludes halogenated alkanes) is 30. The summed E-state index contributed by atoms with van der Waals surface area (Å²) >= 11 is 0. The van der Waals surface area contributed by atoms with Gasteiger partial charge in [0.25, 0.3) is 0 Å². The fourth-order valence-corrected chi connectivity index (χ4v) is 12.9. The first-order chi connectivity index (χ1) is 42.9. The van der Waals surface area contributed by atoms with Crippen molar-refractivity contribution in [2.75, 3.05) is 47.3 Å². The van der Waals surface area contributed by atoms with Crippen LogP contribution in [0.5, 0.6) is 0 Å². The Bertz CT molecular complexity index is 1890. The summed E-state index contributed by atoms with van der Waals surface area (Å²) in [5.74, 6) is -1.36. The van der Waals surface area contributed by atoms with E-state index in [0.29, 0.717) is 25.7 Å². The van der Waals surface area contributed by atoms with E-state index in [-0.39, 0.29) is 44.5 Å². The van der Waals surface area contributed by atoms with Crippen molar-refractivity contribution >= 4 is 33.0 Å². The molecule has 0 saturated carbocycles. The molecular formula is C67H128N2O18P2. The number of nitrogens with one attached hydrogen (secondary N) is 2. The summed E-state index contributed by atoms with van der Waals surface area (Å²) in [7, 11) is -6.63. The summed E-state index contributed by atoms with van der Waals surface area (Å²) < 4.78 is 80.6. The number of hydrogen-bond acceptors (Lipinski definition) is 15. The molecule has 2 aliphatic heterocycles. The van der Waals surface area contributed by atoms with Gasteiger partial charge in [-0.05, 0) is 57.8 Å². The number of aliphatic hydroxyl groups excluding tert-OH is 1. The lowest BCUT2D eigenvalue weighted by atomic mass is 9.95. The molecule has 22 heteroatoms. The number of ether oxygens (including phenoxy) is 7. The monoisotopic (exact) mass is 1310 g/mol. The molecule has 0 aromatic carbocycles. The van der Waals surface area contributed by atoms with Crippen LogP contribution in [0.15, 0.2) is 12.2 Å². The van der Waals surface area contributed by atoms with Gasteiger partial charge in [0.1, 0.15) is 54.5 Å². The van der Waals surface area contributed by atoms with Gasteiger partial charge in [-0.1, -0.05) is 220 Å². The molecule has 0 spiro atoms. The van der Waals surface area contributed by atoms with Crippen LogP contribution in [0, 0.1) is 0 Å². The van der Waals surface area contributed by atoms with E-state index in [4.69, 9.17) is 42.2 Å². The Kier molecular flexibility index (Phi) is 49.2. The van der Waals surface area contributed by atoms with Crippen molar-refractivity contribution in [2.45, 2.75) is 352 Å². The van der Waals surface area contributed by atoms with Crippen molar-refractivity contribution in [2.24, 2.45) is 0 Å². The molecule has 2 rings (SSSR count). The minimum absolute atomic E-state index is 0.0326. The largest absolute Gasteiger partial charge is 0.470 e. The number of methoxy groups -OCH3 is 2. The SMILES string of the molecule is CCCCCC/C=C\CCCCCCCCCC(=O)N[C@H]1[C@H](OC[C@H]2O[C@H](OP(C)(=O)O)[C@H](NC(=O)CC(=O)CCCCCCCCCCC)[C@@H](OCCCCCCCCCC)[C@@H]2O)O[C@H](COC)[C@@H](OP(=O)(O)O)[C@@H]1OCC[C@@H](CCCCCCC)OC. The van der Waals surface area contributed by atoms with Crippen LogP contribution in [0.3, 0.4) is 0 Å². The number of phosphoric acid groups is 1. The highest BCUT2D eigenvalue weighted by Gasteiger charge is 2.53. The Balaban J connectivity index is 2.45. The second-order valence-corrected chi connectivity index (χ2v) is 28.2. The maximum Gasteiger partial charge on any atom is 0.470 e. The topological polar surface area (TPSA) is 273 Å². The number of carbonyl (C=O) groups is 3. The smallest absolute Gasteiger partial charge is 0.388 e. The van der Waals surface area contributed by atoms with E-state index < -0.39 is 102 Å². The van der Waals surface area contributed by atoms with Gasteiger partial charge < -0.3 is 63.6 Å². The number of Topliss-reactive ketones (excluding diaryl/α,β-unsaturated/α-hetero) is 1. The second kappa shape index (κ2) is 52.6. The van der Waals surface area contributed by atoms with Crippen LogP contribution in [0.25, 0.3) is 0 Å². The molecule has 2 amide bonds. The van der Waals surface area contributed by atoms with Gasteiger partial charge in [-0.25, -0.2) is 4.57 Å². The van der Waals surface area contributed by atoms with Crippen molar-refractivity contribution in [3.8, 4) is 0 Å². The fourth-order valence-electron chi connectivity index (χ4n) is 11.8. The Labute approximate surface area is 538 Å². The normalized spacial score (nSPS) is 23.4. The van der Waals surface area contributed by atoms with Gasteiger partial charge in [0, 0.05) is 46.9 Å². The van der Waals surface area contributed by atoms with Crippen molar-refractivity contribution in [1.29, 1.82) is 0 Å². The number of ketones is 1. The van der Waals surface area contributed by atoms with Crippen LogP contribution in [0.4, 0.5) is 0 Å².